The zero-order valence-corrected chi connectivity index (χ0v) is 16.1. The Hall–Kier alpha value is -3.21. The van der Waals surface area contributed by atoms with Crippen molar-refractivity contribution in [3.8, 4) is 0 Å². The molecule has 4 rings (SSSR count). The molecule has 0 N–H and O–H groups in total. The average Bonchev–Trinajstić information content (AvgIpc) is 3.13. The normalized spacial score (nSPS) is 21.8. The summed E-state index contributed by atoms with van der Waals surface area (Å²) in [5.74, 6) is -0.126. The molecule has 0 saturated carbocycles. The van der Waals surface area contributed by atoms with Crippen LogP contribution in [0.2, 0.25) is 0 Å². The van der Waals surface area contributed by atoms with E-state index in [9.17, 15) is 9.59 Å². The van der Waals surface area contributed by atoms with Crippen molar-refractivity contribution < 1.29 is 9.59 Å². The Labute approximate surface area is 165 Å². The van der Waals surface area contributed by atoms with E-state index < -0.39 is 5.66 Å². The van der Waals surface area contributed by atoms with Crippen LogP contribution in [-0.4, -0.2) is 48.0 Å². The second kappa shape index (κ2) is 7.08. The molecular weight excluding hydrogens is 350 g/mol. The highest BCUT2D eigenvalue weighted by Crippen LogP contribution is 2.45. The number of fused-ring (bicyclic) bond motifs is 2. The van der Waals surface area contributed by atoms with Gasteiger partial charge in [0.15, 0.2) is 0 Å². The third kappa shape index (κ3) is 2.58. The van der Waals surface area contributed by atoms with Gasteiger partial charge < -0.3 is 9.80 Å². The number of carbonyl (C=O) groups excluding carboxylic acids is 2. The lowest BCUT2D eigenvalue weighted by atomic mass is 9.83. The molecule has 2 amide bonds. The van der Waals surface area contributed by atoms with Crippen LogP contribution in [0.4, 0.5) is 0 Å². The van der Waals surface area contributed by atoms with Crippen LogP contribution in [-0.2, 0) is 16.9 Å². The first kappa shape index (κ1) is 18.2. The van der Waals surface area contributed by atoms with Crippen LogP contribution < -0.4 is 0 Å². The lowest BCUT2D eigenvalue weighted by Gasteiger charge is -2.47. The summed E-state index contributed by atoms with van der Waals surface area (Å²) in [5.41, 5.74) is 2.36. The molecule has 0 aromatic heterocycles. The smallest absolute Gasteiger partial charge is 0.257 e. The highest BCUT2D eigenvalue weighted by Gasteiger charge is 2.55. The van der Waals surface area contributed by atoms with E-state index in [-0.39, 0.29) is 11.8 Å². The number of allylic oxidation sites excluding steroid dienone is 1. The van der Waals surface area contributed by atoms with Crippen LogP contribution >= 0.6 is 0 Å². The molecule has 2 aromatic rings. The van der Waals surface area contributed by atoms with E-state index in [0.717, 1.165) is 16.7 Å². The van der Waals surface area contributed by atoms with Gasteiger partial charge in [0.05, 0.1) is 5.57 Å². The first-order valence-corrected chi connectivity index (χ1v) is 9.49. The molecule has 5 heteroatoms. The predicted molar refractivity (Wildman–Crippen MR) is 109 cm³/mol. The van der Waals surface area contributed by atoms with Crippen molar-refractivity contribution in [3.05, 3.63) is 82.9 Å². The van der Waals surface area contributed by atoms with Crippen molar-refractivity contribution in [2.75, 3.05) is 20.1 Å². The summed E-state index contributed by atoms with van der Waals surface area (Å²) in [6.45, 7) is 2.83. The van der Waals surface area contributed by atoms with Crippen LogP contribution in [0.3, 0.4) is 0 Å². The summed E-state index contributed by atoms with van der Waals surface area (Å²) < 4.78 is 0. The second-order valence-electron chi connectivity index (χ2n) is 7.06. The third-order valence-electron chi connectivity index (χ3n) is 5.68. The van der Waals surface area contributed by atoms with Gasteiger partial charge in [0.2, 0.25) is 0 Å². The first-order chi connectivity index (χ1) is 13.6. The predicted octanol–water partition coefficient (Wildman–Crippen LogP) is 3.03. The van der Waals surface area contributed by atoms with Gasteiger partial charge in [-0.1, -0.05) is 54.6 Å². The molecule has 0 radical (unpaired) electrons. The van der Waals surface area contributed by atoms with Crippen LogP contribution in [0.5, 0.6) is 0 Å². The van der Waals surface area contributed by atoms with Gasteiger partial charge in [0, 0.05) is 38.3 Å². The van der Waals surface area contributed by atoms with Crippen LogP contribution in [0.25, 0.3) is 0 Å². The van der Waals surface area contributed by atoms with Crippen molar-refractivity contribution in [1.82, 2.24) is 9.80 Å². The minimum Gasteiger partial charge on any atom is -0.309 e. The maximum absolute atomic E-state index is 13.4. The van der Waals surface area contributed by atoms with Crippen LogP contribution in [0.15, 0.2) is 71.2 Å². The molecule has 142 valence electrons. The van der Waals surface area contributed by atoms with Gasteiger partial charge in [0.25, 0.3) is 11.8 Å². The number of amides is 2. The molecule has 1 atom stereocenters. The quantitative estimate of drug-likeness (QED) is 0.613. The summed E-state index contributed by atoms with van der Waals surface area (Å²) in [4.78, 5) is 34.5. The van der Waals surface area contributed by atoms with E-state index >= 15 is 0 Å². The zero-order valence-electron chi connectivity index (χ0n) is 16.1. The highest BCUT2D eigenvalue weighted by atomic mass is 16.2. The zero-order chi connectivity index (χ0) is 19.7. The molecule has 0 bridgehead atoms. The fourth-order valence-corrected chi connectivity index (χ4v) is 4.41. The van der Waals surface area contributed by atoms with Gasteiger partial charge >= 0.3 is 0 Å². The standard InChI is InChI=1S/C23H23N3O2/c1-3-17(16-24-2)21(27)25-13-14-26-22(28)20-12-8-7-9-18(20)15-23(25,26)19-10-5-4-6-11-19/h3-12,16H,13-15H2,1-2H3/b17-3+,24-16?. The molecule has 0 aliphatic carbocycles. The molecule has 5 nitrogen and oxygen atoms in total. The lowest BCUT2D eigenvalue weighted by Crippen LogP contribution is -2.58. The number of hydrogen-bond acceptors (Lipinski definition) is 3. The van der Waals surface area contributed by atoms with Crippen molar-refractivity contribution in [2.45, 2.75) is 19.0 Å². The summed E-state index contributed by atoms with van der Waals surface area (Å²) in [5, 5.41) is 0. The molecule has 2 aliphatic rings. The van der Waals surface area contributed by atoms with Crippen LogP contribution in [0, 0.1) is 0 Å². The third-order valence-corrected chi connectivity index (χ3v) is 5.68. The largest absolute Gasteiger partial charge is 0.309 e. The van der Waals surface area contributed by atoms with Crippen molar-refractivity contribution in [3.63, 3.8) is 0 Å². The number of carbonyl (C=O) groups is 2. The van der Waals surface area contributed by atoms with Gasteiger partial charge in [-0.2, -0.15) is 0 Å². The first-order valence-electron chi connectivity index (χ1n) is 9.49. The van der Waals surface area contributed by atoms with E-state index in [1.54, 1.807) is 19.3 Å². The molecule has 1 fully saturated rings. The summed E-state index contributed by atoms with van der Waals surface area (Å²) >= 11 is 0. The monoisotopic (exact) mass is 373 g/mol. The molecular formula is C23H23N3O2. The van der Waals surface area contributed by atoms with E-state index in [4.69, 9.17) is 0 Å². The molecule has 2 heterocycles. The highest BCUT2D eigenvalue weighted by molar-refractivity contribution is 6.12. The molecule has 0 spiro atoms. The Morgan fingerprint density at radius 2 is 1.79 bits per heavy atom. The summed E-state index contributed by atoms with van der Waals surface area (Å²) in [7, 11) is 1.65. The maximum Gasteiger partial charge on any atom is 0.257 e. The van der Waals surface area contributed by atoms with E-state index in [2.05, 4.69) is 4.99 Å². The Bertz CT molecular complexity index is 980. The number of nitrogens with zero attached hydrogens (tertiary/aromatic N) is 3. The maximum atomic E-state index is 13.4. The molecule has 28 heavy (non-hydrogen) atoms. The lowest BCUT2D eigenvalue weighted by molar-refractivity contribution is -0.134. The van der Waals surface area contributed by atoms with Gasteiger partial charge in [0.1, 0.15) is 5.66 Å². The van der Waals surface area contributed by atoms with E-state index in [1.807, 2.05) is 71.3 Å². The minimum atomic E-state index is -0.820. The van der Waals surface area contributed by atoms with Crippen LogP contribution in [0.1, 0.15) is 28.4 Å². The SMILES string of the molecule is C/C=C(\C=NC)C(=O)N1CCN2C(=O)c3ccccc3CC12c1ccccc1. The van der Waals surface area contributed by atoms with Crippen molar-refractivity contribution >= 4 is 18.0 Å². The summed E-state index contributed by atoms with van der Waals surface area (Å²) in [6, 6.07) is 17.6. The molecule has 1 unspecified atom stereocenters. The van der Waals surface area contributed by atoms with Gasteiger partial charge in [-0.05, 0) is 24.1 Å². The topological polar surface area (TPSA) is 53.0 Å². The number of hydrogen-bond donors (Lipinski definition) is 0. The van der Waals surface area contributed by atoms with Crippen molar-refractivity contribution in [1.29, 1.82) is 0 Å². The fraction of sp³-hybridized carbons (Fsp3) is 0.261. The minimum absolute atomic E-state index is 0.0211. The Morgan fingerprint density at radius 3 is 2.50 bits per heavy atom. The molecule has 1 saturated heterocycles. The Morgan fingerprint density at radius 1 is 1.07 bits per heavy atom. The van der Waals surface area contributed by atoms with Gasteiger partial charge in [-0.25, -0.2) is 0 Å². The van der Waals surface area contributed by atoms with E-state index in [1.165, 1.54) is 0 Å². The van der Waals surface area contributed by atoms with E-state index in [0.29, 0.717) is 25.1 Å². The molecule has 2 aromatic carbocycles. The number of aliphatic imine (C=N–C) groups is 1. The Kier molecular flexibility index (Phi) is 4.59. The second-order valence-corrected chi connectivity index (χ2v) is 7.06. The number of benzene rings is 2. The average molecular weight is 373 g/mol. The summed E-state index contributed by atoms with van der Waals surface area (Å²) in [6.07, 6.45) is 3.93. The molecule has 2 aliphatic heterocycles. The number of rotatable bonds is 3. The Balaban J connectivity index is 1.91. The van der Waals surface area contributed by atoms with Gasteiger partial charge in [-0.15, -0.1) is 0 Å². The van der Waals surface area contributed by atoms with Crippen molar-refractivity contribution in [2.24, 2.45) is 4.99 Å². The fourth-order valence-electron chi connectivity index (χ4n) is 4.41. The van der Waals surface area contributed by atoms with Gasteiger partial charge in [-0.3, -0.25) is 14.6 Å².